The minimum atomic E-state index is -0.217. The molecule has 1 atom stereocenters. The lowest BCUT2D eigenvalue weighted by molar-refractivity contribution is 0.180. The van der Waals surface area contributed by atoms with Crippen LogP contribution in [0.25, 0.3) is 5.00 Å². The van der Waals surface area contributed by atoms with Gasteiger partial charge in [-0.05, 0) is 80.0 Å². The van der Waals surface area contributed by atoms with Crippen molar-refractivity contribution in [3.05, 3.63) is 106 Å². The quantitative estimate of drug-likeness (QED) is 0.314. The second-order valence-corrected chi connectivity index (χ2v) is 10.9. The molecule has 2 aromatic heterocycles. The Balaban J connectivity index is 1.39. The highest BCUT2D eigenvalue weighted by Crippen LogP contribution is 2.44. The molecule has 2 aliphatic rings. The smallest absolute Gasteiger partial charge is 0.318 e. The maximum absolute atomic E-state index is 13.9. The number of nitrogens with zero attached hydrogens (tertiary/aromatic N) is 2. The van der Waals surface area contributed by atoms with Gasteiger partial charge in [0.2, 0.25) is 0 Å². The van der Waals surface area contributed by atoms with E-state index in [1.807, 2.05) is 53.5 Å². The van der Waals surface area contributed by atoms with E-state index in [-0.39, 0.29) is 12.1 Å². The van der Waals surface area contributed by atoms with Crippen molar-refractivity contribution >= 4 is 17.4 Å². The molecule has 0 spiro atoms. The molecule has 1 N–H and O–H groups in total. The Morgan fingerprint density at radius 3 is 2.76 bits per heavy atom. The highest BCUT2D eigenvalue weighted by molar-refractivity contribution is 7.15. The number of amides is 2. The summed E-state index contributed by atoms with van der Waals surface area (Å²) in [5.74, 6) is 0.832. The predicted molar refractivity (Wildman–Crippen MR) is 149 cm³/mol. The Hall–Kier alpha value is -3.51. The number of aromatic nitrogens is 1. The van der Waals surface area contributed by atoms with Gasteiger partial charge in [-0.1, -0.05) is 42.5 Å². The zero-order valence-corrected chi connectivity index (χ0v) is 22.1. The topological polar surface area (TPSA) is 46.5 Å². The number of ether oxygens (including phenoxy) is 1. The molecule has 1 aliphatic carbocycles. The summed E-state index contributed by atoms with van der Waals surface area (Å²) < 4.78 is 8.17. The summed E-state index contributed by atoms with van der Waals surface area (Å²) in [6.45, 7) is 3.80. The van der Waals surface area contributed by atoms with Crippen LogP contribution < -0.4 is 10.1 Å². The number of carbonyl (C=O) groups is 1. The average molecular weight is 512 g/mol. The van der Waals surface area contributed by atoms with Gasteiger partial charge >= 0.3 is 6.03 Å². The fourth-order valence-electron chi connectivity index (χ4n) is 5.74. The molecule has 6 heteroatoms. The third-order valence-electron chi connectivity index (χ3n) is 7.46. The summed E-state index contributed by atoms with van der Waals surface area (Å²) in [5, 5.41) is 4.52. The molecular formula is C31H33N3O2S. The number of nitrogens with one attached hydrogen (secondary N) is 1. The van der Waals surface area contributed by atoms with E-state index < -0.39 is 0 Å². The molecule has 2 amide bonds. The lowest BCUT2D eigenvalue weighted by atomic mass is 9.95. The van der Waals surface area contributed by atoms with Crippen molar-refractivity contribution in [2.45, 2.75) is 51.6 Å². The maximum Gasteiger partial charge on any atom is 0.318 e. The van der Waals surface area contributed by atoms with Gasteiger partial charge in [-0.25, -0.2) is 4.79 Å². The number of hydrogen-bond donors (Lipinski definition) is 1. The Kier molecular flexibility index (Phi) is 6.75. The predicted octanol–water partition coefficient (Wildman–Crippen LogP) is 6.67. The van der Waals surface area contributed by atoms with Gasteiger partial charge in [0.05, 0.1) is 24.9 Å². The van der Waals surface area contributed by atoms with Crippen LogP contribution in [-0.2, 0) is 25.8 Å². The standard InChI is InChI=1S/C31H33N3O2S/c1-2-36-24-13-8-12-23(20-24)29-27-15-9-19-33(27)30-26(25-14-6-7-16-28(25)37-30)21-34(29)31(35)32-18-17-22-10-4-3-5-11-22/h3-5,8-13,15,19-20,29H,2,6-7,14,16-18,21H2,1H3,(H,32,35). The first-order valence-corrected chi connectivity index (χ1v) is 14.2. The monoisotopic (exact) mass is 511 g/mol. The van der Waals surface area contributed by atoms with E-state index in [1.165, 1.54) is 39.4 Å². The lowest BCUT2D eigenvalue weighted by Gasteiger charge is -2.31. The molecule has 5 nitrogen and oxygen atoms in total. The van der Waals surface area contributed by atoms with Gasteiger partial charge in [-0.3, -0.25) is 0 Å². The third-order valence-corrected chi connectivity index (χ3v) is 8.79. The Labute approximate surface area is 222 Å². The van der Waals surface area contributed by atoms with E-state index in [2.05, 4.69) is 52.5 Å². The van der Waals surface area contributed by atoms with Crippen molar-refractivity contribution in [1.82, 2.24) is 14.8 Å². The fourth-order valence-corrected chi connectivity index (χ4v) is 7.14. The first kappa shape index (κ1) is 23.9. The molecular weight excluding hydrogens is 478 g/mol. The number of hydrogen-bond acceptors (Lipinski definition) is 3. The van der Waals surface area contributed by atoms with Crippen LogP contribution in [0.4, 0.5) is 4.79 Å². The Morgan fingerprint density at radius 1 is 1.03 bits per heavy atom. The Morgan fingerprint density at radius 2 is 1.89 bits per heavy atom. The van der Waals surface area contributed by atoms with Crippen molar-refractivity contribution in [1.29, 1.82) is 0 Å². The van der Waals surface area contributed by atoms with Crippen molar-refractivity contribution in [3.8, 4) is 10.8 Å². The number of urea groups is 1. The fraction of sp³-hybridized carbons (Fsp3) is 0.323. The number of fused-ring (bicyclic) bond motifs is 5. The first-order valence-electron chi connectivity index (χ1n) is 13.3. The summed E-state index contributed by atoms with van der Waals surface area (Å²) in [7, 11) is 0. The molecule has 190 valence electrons. The van der Waals surface area contributed by atoms with E-state index in [1.54, 1.807) is 0 Å². The molecule has 0 fully saturated rings. The van der Waals surface area contributed by atoms with Crippen LogP contribution in [0.5, 0.6) is 5.75 Å². The highest BCUT2D eigenvalue weighted by atomic mass is 32.1. The van der Waals surface area contributed by atoms with Gasteiger partial charge in [-0.15, -0.1) is 11.3 Å². The van der Waals surface area contributed by atoms with Crippen LogP contribution in [0, 0.1) is 0 Å². The van der Waals surface area contributed by atoms with Crippen LogP contribution in [0.15, 0.2) is 72.9 Å². The van der Waals surface area contributed by atoms with Crippen molar-refractivity contribution in [2.24, 2.45) is 0 Å². The van der Waals surface area contributed by atoms with Gasteiger partial charge in [0.25, 0.3) is 0 Å². The van der Waals surface area contributed by atoms with Crippen molar-refractivity contribution in [3.63, 3.8) is 0 Å². The van der Waals surface area contributed by atoms with Crippen LogP contribution in [0.3, 0.4) is 0 Å². The van der Waals surface area contributed by atoms with Gasteiger partial charge in [0.15, 0.2) is 0 Å². The van der Waals surface area contributed by atoms with Crippen LogP contribution in [0.2, 0.25) is 0 Å². The van der Waals surface area contributed by atoms with Gasteiger partial charge in [0, 0.05) is 23.2 Å². The molecule has 2 aromatic carbocycles. The van der Waals surface area contributed by atoms with Gasteiger partial charge in [-0.2, -0.15) is 0 Å². The molecule has 6 rings (SSSR count). The van der Waals surface area contributed by atoms with Crippen LogP contribution in [0.1, 0.15) is 58.6 Å². The zero-order chi connectivity index (χ0) is 25.2. The van der Waals surface area contributed by atoms with Gasteiger partial charge in [0.1, 0.15) is 10.8 Å². The van der Waals surface area contributed by atoms with E-state index >= 15 is 0 Å². The van der Waals surface area contributed by atoms with Crippen molar-refractivity contribution < 1.29 is 9.53 Å². The molecule has 0 saturated carbocycles. The molecule has 4 aromatic rings. The van der Waals surface area contributed by atoms with E-state index in [9.17, 15) is 4.79 Å². The number of carbonyl (C=O) groups excluding carboxylic acids is 1. The minimum absolute atomic E-state index is 0.0286. The minimum Gasteiger partial charge on any atom is -0.494 e. The summed E-state index contributed by atoms with van der Waals surface area (Å²) in [4.78, 5) is 17.5. The molecule has 37 heavy (non-hydrogen) atoms. The summed E-state index contributed by atoms with van der Waals surface area (Å²) in [6.07, 6.45) is 7.68. The number of thiophene rings is 1. The summed E-state index contributed by atoms with van der Waals surface area (Å²) in [5.41, 5.74) is 6.19. The second-order valence-electron chi connectivity index (χ2n) is 9.80. The lowest BCUT2D eigenvalue weighted by Crippen LogP contribution is -2.42. The zero-order valence-electron chi connectivity index (χ0n) is 21.3. The van der Waals surface area contributed by atoms with Crippen LogP contribution in [-0.4, -0.2) is 28.6 Å². The molecule has 0 radical (unpaired) electrons. The average Bonchev–Trinajstić information content (AvgIpc) is 3.51. The Bertz CT molecular complexity index is 1390. The first-order chi connectivity index (χ1) is 18.2. The number of aryl methyl sites for hydroxylation is 1. The van der Waals surface area contributed by atoms with Gasteiger partial charge < -0.3 is 19.5 Å². The largest absolute Gasteiger partial charge is 0.494 e. The summed E-state index contributed by atoms with van der Waals surface area (Å²) in [6, 6.07) is 22.6. The normalized spacial score (nSPS) is 16.4. The third kappa shape index (κ3) is 4.66. The highest BCUT2D eigenvalue weighted by Gasteiger charge is 2.36. The van der Waals surface area contributed by atoms with Crippen molar-refractivity contribution in [2.75, 3.05) is 13.2 Å². The van der Waals surface area contributed by atoms with Crippen LogP contribution >= 0.6 is 11.3 Å². The SMILES string of the molecule is CCOc1cccc(C2c3cccn3-c3sc4c(c3CN2C(=O)NCCc2ccccc2)CCCC4)c1. The van der Waals surface area contributed by atoms with E-state index in [0.717, 1.165) is 36.3 Å². The molecule has 0 saturated heterocycles. The molecule has 3 heterocycles. The number of benzene rings is 2. The van der Waals surface area contributed by atoms with E-state index in [0.29, 0.717) is 19.7 Å². The molecule has 1 unspecified atom stereocenters. The van der Waals surface area contributed by atoms with E-state index in [4.69, 9.17) is 4.74 Å². The number of rotatable bonds is 6. The summed E-state index contributed by atoms with van der Waals surface area (Å²) >= 11 is 1.92. The molecule has 0 bridgehead atoms. The maximum atomic E-state index is 13.9. The molecule has 1 aliphatic heterocycles. The second kappa shape index (κ2) is 10.5.